The van der Waals surface area contributed by atoms with E-state index in [0.29, 0.717) is 30.1 Å². The molecular weight excluding hydrogens is 422 g/mol. The van der Waals surface area contributed by atoms with Gasteiger partial charge < -0.3 is 10.1 Å². The minimum absolute atomic E-state index is 0.0854. The number of sulfonamides is 1. The van der Waals surface area contributed by atoms with Gasteiger partial charge in [0, 0.05) is 30.1 Å². The first-order valence-corrected chi connectivity index (χ1v) is 10.9. The van der Waals surface area contributed by atoms with Gasteiger partial charge in [-0.05, 0) is 46.5 Å². The molecule has 0 aliphatic carbocycles. The van der Waals surface area contributed by atoms with Crippen LogP contribution in [0.4, 0.5) is 0 Å². The molecule has 26 heavy (non-hydrogen) atoms. The molecule has 3 N–H and O–H groups in total. The minimum Gasteiger partial charge on any atom is -0.379 e. The average Bonchev–Trinajstić information content (AvgIpc) is 2.58. The van der Waals surface area contributed by atoms with Crippen molar-refractivity contribution >= 4 is 31.9 Å². The first-order chi connectivity index (χ1) is 12.2. The number of halogens is 1. The summed E-state index contributed by atoms with van der Waals surface area (Å²) in [7, 11) is -3.86. The molecule has 1 fully saturated rings. The molecule has 146 valence electrons. The van der Waals surface area contributed by atoms with Gasteiger partial charge in [0.25, 0.3) is 5.91 Å². The van der Waals surface area contributed by atoms with Gasteiger partial charge in [-0.2, -0.15) is 0 Å². The third-order valence-corrected chi connectivity index (χ3v) is 5.92. The van der Waals surface area contributed by atoms with Crippen molar-refractivity contribution in [1.29, 1.82) is 0 Å². The van der Waals surface area contributed by atoms with Crippen LogP contribution in [0, 0.1) is 5.92 Å². The summed E-state index contributed by atoms with van der Waals surface area (Å²) in [6.45, 7) is 7.89. The molecule has 2 rings (SSSR count). The number of hydrogen-bond donors (Lipinski definition) is 2. The average molecular weight is 448 g/mol. The highest BCUT2D eigenvalue weighted by atomic mass is 79.9. The predicted octanol–water partition coefficient (Wildman–Crippen LogP) is 1.57. The lowest BCUT2D eigenvalue weighted by atomic mass is 10.0. The summed E-state index contributed by atoms with van der Waals surface area (Å²) in [5.41, 5.74) is 0.252. The Morgan fingerprint density at radius 1 is 1.35 bits per heavy atom. The van der Waals surface area contributed by atoms with E-state index in [0.717, 1.165) is 19.5 Å². The SMILES string of the molecule is CC(C)CC(CNC(=O)c1cc(S(N)(=O)=O)ccc1Br)N1CCOCC1. The molecule has 1 heterocycles. The zero-order valence-electron chi connectivity index (χ0n) is 15.1. The summed E-state index contributed by atoms with van der Waals surface area (Å²) in [6.07, 6.45) is 0.957. The molecule has 1 aromatic rings. The summed E-state index contributed by atoms with van der Waals surface area (Å²) < 4.78 is 29.0. The fourth-order valence-electron chi connectivity index (χ4n) is 3.01. The maximum absolute atomic E-state index is 12.6. The molecule has 7 nitrogen and oxygen atoms in total. The Kier molecular flexibility index (Phi) is 7.60. The van der Waals surface area contributed by atoms with Crippen LogP contribution in [0.15, 0.2) is 27.6 Å². The molecule has 0 bridgehead atoms. The van der Waals surface area contributed by atoms with Crippen LogP contribution in [0.1, 0.15) is 30.6 Å². The largest absolute Gasteiger partial charge is 0.379 e. The number of nitrogens with one attached hydrogen (secondary N) is 1. The molecule has 1 unspecified atom stereocenters. The quantitative estimate of drug-likeness (QED) is 0.660. The molecule has 0 aromatic heterocycles. The van der Waals surface area contributed by atoms with Crippen LogP contribution in [0.5, 0.6) is 0 Å². The van der Waals surface area contributed by atoms with E-state index in [1.165, 1.54) is 18.2 Å². The maximum Gasteiger partial charge on any atom is 0.252 e. The van der Waals surface area contributed by atoms with Gasteiger partial charge in [-0.3, -0.25) is 9.69 Å². The molecule has 1 saturated heterocycles. The van der Waals surface area contributed by atoms with Crippen molar-refractivity contribution < 1.29 is 17.9 Å². The van der Waals surface area contributed by atoms with Gasteiger partial charge in [0.05, 0.1) is 23.7 Å². The lowest BCUT2D eigenvalue weighted by Gasteiger charge is -2.35. The van der Waals surface area contributed by atoms with Crippen LogP contribution in [0.2, 0.25) is 0 Å². The van der Waals surface area contributed by atoms with E-state index in [-0.39, 0.29) is 22.4 Å². The third-order valence-electron chi connectivity index (χ3n) is 4.31. The van der Waals surface area contributed by atoms with E-state index in [9.17, 15) is 13.2 Å². The Morgan fingerprint density at radius 2 is 2.00 bits per heavy atom. The standard InChI is InChI=1S/C17H26BrN3O4S/c1-12(2)9-13(21-5-7-25-8-6-21)11-20-17(22)15-10-14(26(19,23)24)3-4-16(15)18/h3-4,10,12-13H,5-9,11H2,1-2H3,(H,20,22)(H2,19,23,24). The van der Waals surface area contributed by atoms with Gasteiger partial charge in [0.2, 0.25) is 10.0 Å². The second kappa shape index (κ2) is 9.27. The molecule has 9 heteroatoms. The number of morpholine rings is 1. The monoisotopic (exact) mass is 447 g/mol. The van der Waals surface area contributed by atoms with Crippen LogP contribution in [0.3, 0.4) is 0 Å². The van der Waals surface area contributed by atoms with Crippen LogP contribution in [-0.2, 0) is 14.8 Å². The van der Waals surface area contributed by atoms with Crippen molar-refractivity contribution in [2.45, 2.75) is 31.2 Å². The van der Waals surface area contributed by atoms with Gasteiger partial charge in [-0.25, -0.2) is 13.6 Å². The number of amides is 1. The van der Waals surface area contributed by atoms with Crippen molar-refractivity contribution in [2.24, 2.45) is 11.1 Å². The Hall–Kier alpha value is -1.00. The van der Waals surface area contributed by atoms with Crippen molar-refractivity contribution in [3.63, 3.8) is 0 Å². The van der Waals surface area contributed by atoms with Crippen LogP contribution in [0.25, 0.3) is 0 Å². The number of rotatable bonds is 7. The number of benzene rings is 1. The Balaban J connectivity index is 2.09. The molecule has 1 atom stereocenters. The van der Waals surface area contributed by atoms with E-state index in [1.807, 2.05) is 0 Å². The van der Waals surface area contributed by atoms with E-state index in [1.54, 1.807) is 0 Å². The first-order valence-electron chi connectivity index (χ1n) is 8.61. The highest BCUT2D eigenvalue weighted by Gasteiger charge is 2.23. The Morgan fingerprint density at radius 3 is 2.58 bits per heavy atom. The van der Waals surface area contributed by atoms with Crippen molar-refractivity contribution in [3.8, 4) is 0 Å². The number of hydrogen-bond acceptors (Lipinski definition) is 5. The van der Waals surface area contributed by atoms with Gasteiger partial charge in [-0.15, -0.1) is 0 Å². The zero-order valence-corrected chi connectivity index (χ0v) is 17.5. The van der Waals surface area contributed by atoms with Gasteiger partial charge in [-0.1, -0.05) is 13.8 Å². The van der Waals surface area contributed by atoms with Crippen molar-refractivity contribution in [1.82, 2.24) is 10.2 Å². The number of primary sulfonamides is 1. The van der Waals surface area contributed by atoms with Crippen molar-refractivity contribution in [2.75, 3.05) is 32.8 Å². The topological polar surface area (TPSA) is 102 Å². The Bertz CT molecular complexity index is 734. The van der Waals surface area contributed by atoms with Crippen molar-refractivity contribution in [3.05, 3.63) is 28.2 Å². The number of carbonyl (C=O) groups is 1. The molecule has 1 aromatic carbocycles. The third kappa shape index (κ3) is 6.02. The molecular formula is C17H26BrN3O4S. The first kappa shape index (κ1) is 21.3. The summed E-state index contributed by atoms with van der Waals surface area (Å²) >= 11 is 3.30. The fourth-order valence-corrected chi connectivity index (χ4v) is 3.98. The highest BCUT2D eigenvalue weighted by Crippen LogP contribution is 2.21. The van der Waals surface area contributed by atoms with E-state index >= 15 is 0 Å². The molecule has 0 spiro atoms. The second-order valence-electron chi connectivity index (χ2n) is 6.83. The second-order valence-corrected chi connectivity index (χ2v) is 9.24. The zero-order chi connectivity index (χ0) is 19.3. The highest BCUT2D eigenvalue weighted by molar-refractivity contribution is 9.10. The predicted molar refractivity (Wildman–Crippen MR) is 103 cm³/mol. The molecule has 1 amide bonds. The summed E-state index contributed by atoms with van der Waals surface area (Å²) in [4.78, 5) is 14.8. The lowest BCUT2D eigenvalue weighted by molar-refractivity contribution is 0.0124. The van der Waals surface area contributed by atoms with E-state index in [2.05, 4.69) is 40.0 Å². The summed E-state index contributed by atoms with van der Waals surface area (Å²) in [6, 6.07) is 4.39. The number of nitrogens with two attached hydrogens (primary N) is 1. The fraction of sp³-hybridized carbons (Fsp3) is 0.588. The Labute approximate surface area is 163 Å². The summed E-state index contributed by atoms with van der Waals surface area (Å²) in [5.74, 6) is 0.168. The maximum atomic E-state index is 12.6. The normalized spacial score (nSPS) is 17.3. The van der Waals surface area contributed by atoms with Crippen LogP contribution >= 0.6 is 15.9 Å². The lowest BCUT2D eigenvalue weighted by Crippen LogP contribution is -2.49. The van der Waals surface area contributed by atoms with Gasteiger partial charge in [0.15, 0.2) is 0 Å². The molecule has 0 saturated carbocycles. The summed E-state index contributed by atoms with van der Waals surface area (Å²) in [5, 5.41) is 8.09. The smallest absolute Gasteiger partial charge is 0.252 e. The van der Waals surface area contributed by atoms with Crippen LogP contribution in [-0.4, -0.2) is 58.1 Å². The molecule has 1 aliphatic rings. The van der Waals surface area contributed by atoms with Crippen LogP contribution < -0.4 is 10.5 Å². The van der Waals surface area contributed by atoms with Gasteiger partial charge in [0.1, 0.15) is 0 Å². The molecule has 1 aliphatic heterocycles. The molecule has 0 radical (unpaired) electrons. The number of nitrogens with zero attached hydrogens (tertiary/aromatic N) is 1. The van der Waals surface area contributed by atoms with E-state index < -0.39 is 10.0 Å². The van der Waals surface area contributed by atoms with E-state index in [4.69, 9.17) is 9.88 Å². The minimum atomic E-state index is -3.86. The number of ether oxygens (including phenoxy) is 1. The van der Waals surface area contributed by atoms with Gasteiger partial charge >= 0.3 is 0 Å². The number of carbonyl (C=O) groups excluding carboxylic acids is 1.